The maximum absolute atomic E-state index is 9.87. The van der Waals surface area contributed by atoms with Crippen molar-refractivity contribution in [3.63, 3.8) is 0 Å². The highest BCUT2D eigenvalue weighted by Crippen LogP contribution is 2.26. The summed E-state index contributed by atoms with van der Waals surface area (Å²) in [5.74, 6) is 0. The number of aliphatic hydroxyl groups is 2. The number of halogens is 1. The van der Waals surface area contributed by atoms with Crippen molar-refractivity contribution in [1.82, 2.24) is 4.90 Å². The van der Waals surface area contributed by atoms with Crippen molar-refractivity contribution >= 4 is 17.3 Å². The second-order valence-corrected chi connectivity index (χ2v) is 6.44. The van der Waals surface area contributed by atoms with Gasteiger partial charge in [-0.25, -0.2) is 0 Å². The third kappa shape index (κ3) is 4.09. The summed E-state index contributed by atoms with van der Waals surface area (Å²) in [7, 11) is 0. The van der Waals surface area contributed by atoms with Crippen LogP contribution in [0.5, 0.6) is 0 Å². The van der Waals surface area contributed by atoms with Crippen molar-refractivity contribution in [2.75, 3.05) is 37.6 Å². The Morgan fingerprint density at radius 2 is 1.85 bits per heavy atom. The van der Waals surface area contributed by atoms with E-state index in [1.807, 2.05) is 26.0 Å². The predicted octanol–water partition coefficient (Wildman–Crippen LogP) is 1.73. The van der Waals surface area contributed by atoms with Crippen LogP contribution in [0, 0.1) is 0 Å². The molecule has 1 aliphatic heterocycles. The monoisotopic (exact) mass is 298 g/mol. The van der Waals surface area contributed by atoms with E-state index < -0.39 is 5.60 Å². The molecule has 0 saturated carbocycles. The summed E-state index contributed by atoms with van der Waals surface area (Å²) in [5, 5.41) is 20.0. The molecule has 1 fully saturated rings. The maximum atomic E-state index is 9.87. The molecule has 0 aliphatic carbocycles. The lowest BCUT2D eigenvalue weighted by atomic mass is 10.1. The fraction of sp³-hybridized carbons (Fsp3) is 0.600. The second-order valence-electron chi connectivity index (χ2n) is 6.01. The number of hydrogen-bond acceptors (Lipinski definition) is 4. The maximum Gasteiger partial charge on any atom is 0.0718 e. The summed E-state index contributed by atoms with van der Waals surface area (Å²) in [4.78, 5) is 4.51. The molecule has 112 valence electrons. The smallest absolute Gasteiger partial charge is 0.0718 e. The van der Waals surface area contributed by atoms with Crippen molar-refractivity contribution < 1.29 is 10.2 Å². The first-order valence-electron chi connectivity index (χ1n) is 6.98. The van der Waals surface area contributed by atoms with Crippen LogP contribution in [0.1, 0.15) is 19.4 Å². The molecule has 2 rings (SSSR count). The fourth-order valence-electron chi connectivity index (χ4n) is 2.66. The normalized spacial score (nSPS) is 17.6. The van der Waals surface area contributed by atoms with Gasteiger partial charge in [0.15, 0.2) is 0 Å². The van der Waals surface area contributed by atoms with Gasteiger partial charge >= 0.3 is 0 Å². The molecule has 20 heavy (non-hydrogen) atoms. The number of hydrogen-bond donors (Lipinski definition) is 2. The third-order valence-corrected chi connectivity index (χ3v) is 3.78. The molecule has 1 aromatic carbocycles. The summed E-state index contributed by atoms with van der Waals surface area (Å²) in [6, 6.07) is 5.60. The zero-order chi connectivity index (χ0) is 14.8. The highest BCUT2D eigenvalue weighted by Gasteiger charge is 2.23. The minimum Gasteiger partial charge on any atom is -0.392 e. The van der Waals surface area contributed by atoms with Gasteiger partial charge in [-0.1, -0.05) is 17.7 Å². The van der Waals surface area contributed by atoms with Gasteiger partial charge in [0.1, 0.15) is 0 Å². The highest BCUT2D eigenvalue weighted by atomic mass is 35.5. The van der Waals surface area contributed by atoms with E-state index >= 15 is 0 Å². The Labute approximate surface area is 125 Å². The summed E-state index contributed by atoms with van der Waals surface area (Å²) < 4.78 is 0. The number of benzene rings is 1. The SMILES string of the molecule is CC(C)(O)CN1CCN(c2cc(Cl)ccc2CO)CC1. The zero-order valence-electron chi connectivity index (χ0n) is 12.1. The highest BCUT2D eigenvalue weighted by molar-refractivity contribution is 6.30. The third-order valence-electron chi connectivity index (χ3n) is 3.54. The Balaban J connectivity index is 2.02. The first-order chi connectivity index (χ1) is 9.39. The Bertz CT molecular complexity index is 452. The number of piperazine rings is 1. The predicted molar refractivity (Wildman–Crippen MR) is 82.3 cm³/mol. The van der Waals surface area contributed by atoms with E-state index in [2.05, 4.69) is 9.80 Å². The Kier molecular flexibility index (Phi) is 4.91. The lowest BCUT2D eigenvalue weighted by Crippen LogP contribution is -2.50. The first-order valence-corrected chi connectivity index (χ1v) is 7.36. The molecular weight excluding hydrogens is 276 g/mol. The molecule has 2 N–H and O–H groups in total. The lowest BCUT2D eigenvalue weighted by molar-refractivity contribution is 0.0345. The number of rotatable bonds is 4. The zero-order valence-corrected chi connectivity index (χ0v) is 12.9. The van der Waals surface area contributed by atoms with Gasteiger partial charge in [-0.05, 0) is 26.0 Å². The number of aliphatic hydroxyl groups excluding tert-OH is 1. The van der Waals surface area contributed by atoms with E-state index in [0.717, 1.165) is 37.4 Å². The van der Waals surface area contributed by atoms with E-state index in [-0.39, 0.29) is 6.61 Å². The van der Waals surface area contributed by atoms with E-state index in [9.17, 15) is 10.2 Å². The van der Waals surface area contributed by atoms with Crippen molar-refractivity contribution in [2.24, 2.45) is 0 Å². The topological polar surface area (TPSA) is 46.9 Å². The largest absolute Gasteiger partial charge is 0.392 e. The quantitative estimate of drug-likeness (QED) is 0.889. The minimum atomic E-state index is -0.658. The fourth-order valence-corrected chi connectivity index (χ4v) is 2.83. The first kappa shape index (κ1) is 15.6. The summed E-state index contributed by atoms with van der Waals surface area (Å²) >= 11 is 6.06. The average molecular weight is 299 g/mol. The van der Waals surface area contributed by atoms with Gasteiger partial charge in [-0.3, -0.25) is 4.90 Å². The van der Waals surface area contributed by atoms with Gasteiger partial charge in [0.05, 0.1) is 12.2 Å². The van der Waals surface area contributed by atoms with Crippen LogP contribution in [0.3, 0.4) is 0 Å². The second kappa shape index (κ2) is 6.31. The average Bonchev–Trinajstić information content (AvgIpc) is 2.38. The van der Waals surface area contributed by atoms with Gasteiger partial charge in [-0.2, -0.15) is 0 Å². The number of anilines is 1. The molecule has 0 spiro atoms. The van der Waals surface area contributed by atoms with E-state index in [4.69, 9.17) is 11.6 Å². The van der Waals surface area contributed by atoms with Gasteiger partial charge in [0.25, 0.3) is 0 Å². The lowest BCUT2D eigenvalue weighted by Gasteiger charge is -2.39. The van der Waals surface area contributed by atoms with Crippen molar-refractivity contribution in [1.29, 1.82) is 0 Å². The molecule has 1 aromatic rings. The van der Waals surface area contributed by atoms with Crippen LogP contribution < -0.4 is 4.90 Å². The molecule has 0 aromatic heterocycles. The van der Waals surface area contributed by atoms with E-state index in [1.165, 1.54) is 0 Å². The van der Waals surface area contributed by atoms with Gasteiger partial charge in [0.2, 0.25) is 0 Å². The molecule has 0 bridgehead atoms. The number of nitrogens with zero attached hydrogens (tertiary/aromatic N) is 2. The Hall–Kier alpha value is -0.810. The van der Waals surface area contributed by atoms with Crippen LogP contribution in [0.2, 0.25) is 5.02 Å². The molecule has 0 unspecified atom stereocenters. The molecule has 5 heteroatoms. The molecular formula is C15H23ClN2O2. The Morgan fingerprint density at radius 1 is 1.20 bits per heavy atom. The van der Waals surface area contributed by atoms with Crippen LogP contribution in [0.4, 0.5) is 5.69 Å². The van der Waals surface area contributed by atoms with Crippen LogP contribution in [-0.2, 0) is 6.61 Å². The molecule has 0 amide bonds. The summed E-state index contributed by atoms with van der Waals surface area (Å²) in [5.41, 5.74) is 1.27. The molecule has 4 nitrogen and oxygen atoms in total. The van der Waals surface area contributed by atoms with Gasteiger partial charge in [-0.15, -0.1) is 0 Å². The van der Waals surface area contributed by atoms with E-state index in [1.54, 1.807) is 6.07 Å². The van der Waals surface area contributed by atoms with Crippen LogP contribution in [0.25, 0.3) is 0 Å². The number of β-amino-alcohol motifs (C(OH)–C–C–N with tert-alkyl or cyclic N) is 1. The van der Waals surface area contributed by atoms with Crippen molar-refractivity contribution in [3.05, 3.63) is 28.8 Å². The minimum absolute atomic E-state index is 0.0242. The standard InChI is InChI=1S/C15H23ClN2O2/c1-15(2,20)11-17-5-7-18(8-6-17)14-9-13(16)4-3-12(14)10-19/h3-4,9,19-20H,5-8,10-11H2,1-2H3. The van der Waals surface area contributed by atoms with Crippen LogP contribution >= 0.6 is 11.6 Å². The van der Waals surface area contributed by atoms with Crippen LogP contribution in [-0.4, -0.2) is 53.4 Å². The Morgan fingerprint density at radius 3 is 2.40 bits per heavy atom. The van der Waals surface area contributed by atoms with Crippen molar-refractivity contribution in [2.45, 2.75) is 26.1 Å². The molecule has 0 atom stereocenters. The molecule has 0 radical (unpaired) electrons. The summed E-state index contributed by atoms with van der Waals surface area (Å²) in [6.45, 7) is 7.94. The van der Waals surface area contributed by atoms with Gasteiger partial charge < -0.3 is 15.1 Å². The molecule has 1 saturated heterocycles. The van der Waals surface area contributed by atoms with Gasteiger partial charge in [0, 0.05) is 49.0 Å². The van der Waals surface area contributed by atoms with Crippen molar-refractivity contribution in [3.8, 4) is 0 Å². The van der Waals surface area contributed by atoms with Crippen LogP contribution in [0.15, 0.2) is 18.2 Å². The molecule has 1 aliphatic rings. The summed E-state index contributed by atoms with van der Waals surface area (Å²) in [6.07, 6.45) is 0. The molecule has 1 heterocycles. The van der Waals surface area contributed by atoms with E-state index in [0.29, 0.717) is 11.6 Å².